The lowest BCUT2D eigenvalue weighted by Crippen LogP contribution is -2.19. The highest BCUT2D eigenvalue weighted by molar-refractivity contribution is 8.00. The molecule has 186 valence electrons. The van der Waals surface area contributed by atoms with Gasteiger partial charge in [-0.05, 0) is 49.4 Å². The molecule has 1 atom stereocenters. The van der Waals surface area contributed by atoms with Crippen molar-refractivity contribution in [2.45, 2.75) is 23.8 Å². The van der Waals surface area contributed by atoms with Gasteiger partial charge in [0.15, 0.2) is 5.78 Å². The van der Waals surface area contributed by atoms with Gasteiger partial charge < -0.3 is 29.4 Å². The van der Waals surface area contributed by atoms with Gasteiger partial charge in [-0.3, -0.25) is 4.79 Å². The first kappa shape index (κ1) is 25.1. The van der Waals surface area contributed by atoms with E-state index in [4.69, 9.17) is 9.47 Å². The van der Waals surface area contributed by atoms with Crippen LogP contribution in [0.4, 0.5) is 0 Å². The predicted octanol–water partition coefficient (Wildman–Crippen LogP) is 4.27. The third-order valence-corrected chi connectivity index (χ3v) is 6.52. The van der Waals surface area contributed by atoms with Gasteiger partial charge in [-0.1, -0.05) is 17.8 Å². The number of aromatic nitrogens is 2. The van der Waals surface area contributed by atoms with Crippen LogP contribution in [0.15, 0.2) is 65.7 Å². The molecule has 0 saturated carbocycles. The number of hydrogen-bond acceptors (Lipinski definition) is 8. The van der Waals surface area contributed by atoms with E-state index in [9.17, 15) is 24.9 Å². The van der Waals surface area contributed by atoms with Gasteiger partial charge >= 0.3 is 5.97 Å². The number of aromatic hydroxyl groups is 2. The molecule has 2 heterocycles. The molecule has 0 fully saturated rings. The minimum Gasteiger partial charge on any atom is -0.508 e. The van der Waals surface area contributed by atoms with Crippen molar-refractivity contribution in [3.05, 3.63) is 77.5 Å². The molecule has 4 rings (SSSR count). The summed E-state index contributed by atoms with van der Waals surface area (Å²) in [5.41, 5.74) is 0.788. The Kier molecular flexibility index (Phi) is 7.47. The topological polar surface area (TPSA) is 131 Å². The van der Waals surface area contributed by atoms with E-state index in [1.165, 1.54) is 25.3 Å². The molecular weight excluding hydrogens is 484 g/mol. The molecule has 0 radical (unpaired) electrons. The highest BCUT2D eigenvalue weighted by atomic mass is 32.2. The SMILES string of the molecule is CCOC(Sc1ccc(Cn2cc(C(=O)c3ccc(O)cc3)c3ccc(OC)nc32)c(O)c1)C(=O)O. The van der Waals surface area contributed by atoms with E-state index >= 15 is 0 Å². The summed E-state index contributed by atoms with van der Waals surface area (Å²) >= 11 is 0.985. The van der Waals surface area contributed by atoms with Crippen LogP contribution >= 0.6 is 11.8 Å². The van der Waals surface area contributed by atoms with Crippen molar-refractivity contribution >= 4 is 34.5 Å². The number of phenolic OH excluding ortho intramolecular Hbond substituents is 2. The second kappa shape index (κ2) is 10.7. The second-order valence-electron chi connectivity index (χ2n) is 7.81. The average molecular weight is 509 g/mol. The van der Waals surface area contributed by atoms with Gasteiger partial charge in [-0.25, -0.2) is 4.79 Å². The zero-order valence-corrected chi connectivity index (χ0v) is 20.4. The number of phenols is 2. The first-order valence-corrected chi connectivity index (χ1v) is 11.9. The Balaban J connectivity index is 1.68. The van der Waals surface area contributed by atoms with E-state index in [0.717, 1.165) is 11.8 Å². The number of carboxylic acids is 1. The number of aliphatic carboxylic acids is 1. The Bertz CT molecular complexity index is 1420. The molecule has 0 spiro atoms. The lowest BCUT2D eigenvalue weighted by atomic mass is 10.0. The second-order valence-corrected chi connectivity index (χ2v) is 8.94. The normalized spacial score (nSPS) is 11.9. The van der Waals surface area contributed by atoms with Crippen LogP contribution in [0, 0.1) is 0 Å². The first-order valence-electron chi connectivity index (χ1n) is 11.0. The number of rotatable bonds is 10. The van der Waals surface area contributed by atoms with E-state index in [1.54, 1.807) is 54.1 Å². The van der Waals surface area contributed by atoms with Gasteiger partial charge in [0.1, 0.15) is 17.1 Å². The molecule has 0 aliphatic carbocycles. The van der Waals surface area contributed by atoms with Gasteiger partial charge in [0.2, 0.25) is 11.3 Å². The molecule has 9 nitrogen and oxygen atoms in total. The van der Waals surface area contributed by atoms with Gasteiger partial charge in [0.25, 0.3) is 0 Å². The van der Waals surface area contributed by atoms with Crippen LogP contribution in [0.2, 0.25) is 0 Å². The Hall–Kier alpha value is -4.02. The van der Waals surface area contributed by atoms with Gasteiger partial charge in [-0.15, -0.1) is 0 Å². The number of carboxylic acid groups (broad SMARTS) is 1. The zero-order valence-electron chi connectivity index (χ0n) is 19.5. The lowest BCUT2D eigenvalue weighted by Gasteiger charge is -2.13. The molecule has 0 saturated heterocycles. The number of hydrogen-bond donors (Lipinski definition) is 3. The highest BCUT2D eigenvalue weighted by Crippen LogP contribution is 2.32. The van der Waals surface area contributed by atoms with E-state index in [-0.39, 0.29) is 30.4 Å². The molecule has 0 aliphatic heterocycles. The first-order chi connectivity index (χ1) is 17.3. The number of nitrogens with zero attached hydrogens (tertiary/aromatic N) is 2. The monoisotopic (exact) mass is 508 g/mol. The lowest BCUT2D eigenvalue weighted by molar-refractivity contribution is -0.144. The Morgan fingerprint density at radius 2 is 1.83 bits per heavy atom. The van der Waals surface area contributed by atoms with Crippen molar-refractivity contribution in [1.29, 1.82) is 0 Å². The van der Waals surface area contributed by atoms with Crippen molar-refractivity contribution in [3.8, 4) is 17.4 Å². The Morgan fingerprint density at radius 3 is 2.47 bits per heavy atom. The fourth-order valence-corrected chi connectivity index (χ4v) is 4.57. The van der Waals surface area contributed by atoms with Crippen LogP contribution in [-0.2, 0) is 16.1 Å². The fraction of sp³-hybridized carbons (Fsp3) is 0.192. The van der Waals surface area contributed by atoms with Crippen LogP contribution in [0.25, 0.3) is 11.0 Å². The molecule has 10 heteroatoms. The molecule has 0 bridgehead atoms. The van der Waals surface area contributed by atoms with Crippen LogP contribution in [0.1, 0.15) is 28.4 Å². The molecule has 0 amide bonds. The minimum absolute atomic E-state index is 0.0307. The van der Waals surface area contributed by atoms with E-state index < -0.39 is 11.4 Å². The van der Waals surface area contributed by atoms with Crippen molar-refractivity contribution in [2.24, 2.45) is 0 Å². The maximum atomic E-state index is 13.2. The number of carbonyl (C=O) groups is 2. The molecule has 2 aromatic heterocycles. The molecule has 36 heavy (non-hydrogen) atoms. The van der Waals surface area contributed by atoms with Crippen LogP contribution in [0.5, 0.6) is 17.4 Å². The number of fused-ring (bicyclic) bond motifs is 1. The molecular formula is C26H24N2O7S. The summed E-state index contributed by atoms with van der Waals surface area (Å²) in [6.07, 6.45) is 1.67. The van der Waals surface area contributed by atoms with Crippen LogP contribution in [0.3, 0.4) is 0 Å². The van der Waals surface area contributed by atoms with Crippen LogP contribution < -0.4 is 4.74 Å². The number of thioether (sulfide) groups is 1. The van der Waals surface area contributed by atoms with Gasteiger partial charge in [0, 0.05) is 45.8 Å². The minimum atomic E-state index is -1.10. The Labute approximate surface area is 210 Å². The van der Waals surface area contributed by atoms with Crippen LogP contribution in [-0.4, -0.2) is 55.8 Å². The van der Waals surface area contributed by atoms with Crippen molar-refractivity contribution in [2.75, 3.05) is 13.7 Å². The van der Waals surface area contributed by atoms with Crippen molar-refractivity contribution < 1.29 is 34.4 Å². The summed E-state index contributed by atoms with van der Waals surface area (Å²) in [5.74, 6) is -0.935. The quantitative estimate of drug-likeness (QED) is 0.163. The maximum Gasteiger partial charge on any atom is 0.343 e. The molecule has 4 aromatic rings. The summed E-state index contributed by atoms with van der Waals surface area (Å²) in [4.78, 5) is 29.7. The largest absolute Gasteiger partial charge is 0.508 e. The predicted molar refractivity (Wildman–Crippen MR) is 134 cm³/mol. The van der Waals surface area contributed by atoms with Crippen molar-refractivity contribution in [1.82, 2.24) is 9.55 Å². The third-order valence-electron chi connectivity index (χ3n) is 5.44. The standard InChI is InChI=1S/C26H24N2O7S/c1-3-35-26(25(32)33)36-18-9-6-16(21(30)12-18)13-28-14-20(19-10-11-22(34-2)27-24(19)28)23(31)15-4-7-17(29)8-5-15/h4-12,14,26,29-30H,3,13H2,1-2H3,(H,32,33). The molecule has 1 unspecified atom stereocenters. The number of methoxy groups -OCH3 is 1. The van der Waals surface area contributed by atoms with Crippen molar-refractivity contribution in [3.63, 3.8) is 0 Å². The van der Waals surface area contributed by atoms with E-state index in [2.05, 4.69) is 4.98 Å². The molecule has 2 aromatic carbocycles. The van der Waals surface area contributed by atoms with E-state index in [1.807, 2.05) is 0 Å². The summed E-state index contributed by atoms with van der Waals surface area (Å²) in [7, 11) is 1.50. The highest BCUT2D eigenvalue weighted by Gasteiger charge is 2.21. The summed E-state index contributed by atoms with van der Waals surface area (Å²) in [6.45, 7) is 2.16. The number of pyridine rings is 1. The summed E-state index contributed by atoms with van der Waals surface area (Å²) in [5, 5.41) is 30.1. The summed E-state index contributed by atoms with van der Waals surface area (Å²) < 4.78 is 12.2. The zero-order chi connectivity index (χ0) is 25.8. The number of ether oxygens (including phenoxy) is 2. The van der Waals surface area contributed by atoms with Gasteiger partial charge in [-0.2, -0.15) is 4.98 Å². The van der Waals surface area contributed by atoms with E-state index in [0.29, 0.717) is 38.5 Å². The molecule has 3 N–H and O–H groups in total. The smallest absolute Gasteiger partial charge is 0.343 e. The number of benzene rings is 2. The number of carbonyl (C=O) groups excluding carboxylic acids is 1. The maximum absolute atomic E-state index is 13.2. The fourth-order valence-electron chi connectivity index (χ4n) is 3.70. The Morgan fingerprint density at radius 1 is 1.08 bits per heavy atom. The van der Waals surface area contributed by atoms with Gasteiger partial charge in [0.05, 0.1) is 13.7 Å². The third kappa shape index (κ3) is 5.29. The molecule has 0 aliphatic rings. The summed E-state index contributed by atoms with van der Waals surface area (Å²) in [6, 6.07) is 14.3. The number of ketones is 1. The average Bonchev–Trinajstić information content (AvgIpc) is 3.22.